The molecule has 2 aromatic rings. The topological polar surface area (TPSA) is 92.1 Å². The molecule has 1 aliphatic heterocycles. The number of rotatable bonds is 4. The summed E-state index contributed by atoms with van der Waals surface area (Å²) in [5.41, 5.74) is 0.450. The number of nitrogens with zero attached hydrogens (tertiary/aromatic N) is 4. The molecule has 2 aromatic heterocycles. The maximum Gasteiger partial charge on any atom is 0.276 e. The molecule has 0 bridgehead atoms. The Hall–Kier alpha value is -2.11. The Labute approximate surface area is 122 Å². The molecule has 0 aliphatic carbocycles. The molecule has 0 atom stereocenters. The van der Waals surface area contributed by atoms with Gasteiger partial charge in [0.15, 0.2) is 0 Å². The van der Waals surface area contributed by atoms with Crippen LogP contribution in [-0.4, -0.2) is 35.6 Å². The van der Waals surface area contributed by atoms with Crippen LogP contribution in [0.2, 0.25) is 0 Å². The molecule has 7 nitrogen and oxygen atoms in total. The number of nitriles is 1. The Balaban J connectivity index is 1.78. The maximum absolute atomic E-state index is 12.3. The third-order valence-corrected chi connectivity index (χ3v) is 5.15. The second-order valence-electron chi connectivity index (χ2n) is 4.87. The van der Waals surface area contributed by atoms with Crippen molar-refractivity contribution in [2.45, 2.75) is 24.5 Å². The molecule has 0 unspecified atom stereocenters. The molecule has 0 spiro atoms. The fourth-order valence-corrected chi connectivity index (χ4v) is 3.75. The van der Waals surface area contributed by atoms with Crippen molar-refractivity contribution >= 4 is 10.0 Å². The lowest BCUT2D eigenvalue weighted by Gasteiger charge is -2.12. The normalized spacial score (nSPS) is 16.1. The van der Waals surface area contributed by atoms with Crippen molar-refractivity contribution in [3.63, 3.8) is 0 Å². The van der Waals surface area contributed by atoms with Crippen LogP contribution >= 0.6 is 0 Å². The van der Waals surface area contributed by atoms with E-state index in [0.29, 0.717) is 24.4 Å². The van der Waals surface area contributed by atoms with Crippen molar-refractivity contribution in [3.05, 3.63) is 35.9 Å². The van der Waals surface area contributed by atoms with E-state index in [4.69, 9.17) is 9.68 Å². The van der Waals surface area contributed by atoms with E-state index in [1.165, 1.54) is 21.3 Å². The second-order valence-corrected chi connectivity index (χ2v) is 6.74. The van der Waals surface area contributed by atoms with E-state index < -0.39 is 10.0 Å². The summed E-state index contributed by atoms with van der Waals surface area (Å²) in [5, 5.41) is 12.7. The summed E-state index contributed by atoms with van der Waals surface area (Å²) in [7, 11) is -3.52. The van der Waals surface area contributed by atoms with Gasteiger partial charge in [-0.05, 0) is 25.0 Å². The molecule has 0 aromatic carbocycles. The van der Waals surface area contributed by atoms with Gasteiger partial charge in [0.05, 0.1) is 18.3 Å². The van der Waals surface area contributed by atoms with Gasteiger partial charge in [0, 0.05) is 19.3 Å². The highest BCUT2D eigenvalue weighted by atomic mass is 32.2. The Kier molecular flexibility index (Phi) is 3.53. The minimum atomic E-state index is -3.52. The molecular weight excluding hydrogens is 292 g/mol. The fraction of sp³-hybridized carbons (Fsp3) is 0.385. The summed E-state index contributed by atoms with van der Waals surface area (Å²) in [5.74, 6) is 0.486. The molecule has 3 heterocycles. The first-order valence-corrected chi connectivity index (χ1v) is 8.05. The van der Waals surface area contributed by atoms with E-state index in [2.05, 4.69) is 5.10 Å². The Morgan fingerprint density at radius 3 is 2.76 bits per heavy atom. The van der Waals surface area contributed by atoms with Gasteiger partial charge in [-0.1, -0.05) is 0 Å². The Morgan fingerprint density at radius 1 is 1.33 bits per heavy atom. The Morgan fingerprint density at radius 2 is 2.10 bits per heavy atom. The van der Waals surface area contributed by atoms with Crippen LogP contribution in [0.1, 0.15) is 24.2 Å². The lowest BCUT2D eigenvalue weighted by atomic mass is 10.4. The van der Waals surface area contributed by atoms with Gasteiger partial charge in [-0.3, -0.25) is 4.68 Å². The number of aromatic nitrogens is 2. The number of hydrogen-bond donors (Lipinski definition) is 0. The molecule has 3 rings (SSSR count). The molecule has 0 radical (unpaired) electrons. The van der Waals surface area contributed by atoms with Gasteiger partial charge in [0.25, 0.3) is 10.0 Å². The van der Waals surface area contributed by atoms with Crippen LogP contribution in [0.4, 0.5) is 0 Å². The molecule has 1 aliphatic rings. The summed E-state index contributed by atoms with van der Waals surface area (Å²) in [6.07, 6.45) is 4.80. The first kappa shape index (κ1) is 13.9. The molecule has 8 heteroatoms. The van der Waals surface area contributed by atoms with Crippen LogP contribution in [0.25, 0.3) is 0 Å². The summed E-state index contributed by atoms with van der Waals surface area (Å²) < 4.78 is 33.0. The van der Waals surface area contributed by atoms with Gasteiger partial charge >= 0.3 is 0 Å². The lowest BCUT2D eigenvalue weighted by Crippen LogP contribution is -2.27. The first-order chi connectivity index (χ1) is 10.1. The van der Waals surface area contributed by atoms with Crippen LogP contribution in [0, 0.1) is 11.3 Å². The molecule has 21 heavy (non-hydrogen) atoms. The van der Waals surface area contributed by atoms with Gasteiger partial charge in [-0.2, -0.15) is 14.7 Å². The molecular formula is C13H14N4O3S. The van der Waals surface area contributed by atoms with Crippen LogP contribution in [-0.2, 0) is 16.6 Å². The van der Waals surface area contributed by atoms with E-state index in [1.807, 2.05) is 6.07 Å². The van der Waals surface area contributed by atoms with Crippen molar-refractivity contribution in [2.24, 2.45) is 0 Å². The lowest BCUT2D eigenvalue weighted by molar-refractivity contribution is 0.380. The van der Waals surface area contributed by atoms with Crippen molar-refractivity contribution in [1.82, 2.24) is 14.1 Å². The largest absolute Gasteiger partial charge is 0.446 e. The molecule has 1 saturated heterocycles. The highest BCUT2D eigenvalue weighted by Gasteiger charge is 2.29. The third-order valence-electron chi connectivity index (χ3n) is 3.38. The SMILES string of the molecule is N#Cc1cnn(Cc2ccc(S(=O)(=O)N3CCCC3)o2)c1. The minimum Gasteiger partial charge on any atom is -0.446 e. The van der Waals surface area contributed by atoms with E-state index in [9.17, 15) is 8.42 Å². The second kappa shape index (κ2) is 5.35. The van der Waals surface area contributed by atoms with Gasteiger partial charge in [0.1, 0.15) is 11.8 Å². The van der Waals surface area contributed by atoms with Gasteiger partial charge in [0.2, 0.25) is 5.09 Å². The monoisotopic (exact) mass is 306 g/mol. The van der Waals surface area contributed by atoms with Crippen LogP contribution < -0.4 is 0 Å². The Bertz CT molecular complexity index is 778. The van der Waals surface area contributed by atoms with Crippen LogP contribution in [0.15, 0.2) is 34.0 Å². The highest BCUT2D eigenvalue weighted by molar-refractivity contribution is 7.89. The number of sulfonamides is 1. The first-order valence-electron chi connectivity index (χ1n) is 6.61. The summed E-state index contributed by atoms with van der Waals surface area (Å²) in [4.78, 5) is 0. The molecule has 110 valence electrons. The van der Waals surface area contributed by atoms with Crippen molar-refractivity contribution in [3.8, 4) is 6.07 Å². The maximum atomic E-state index is 12.3. The molecule has 0 amide bonds. The molecule has 1 fully saturated rings. The van der Waals surface area contributed by atoms with Gasteiger partial charge in [-0.15, -0.1) is 0 Å². The van der Waals surface area contributed by atoms with Crippen LogP contribution in [0.5, 0.6) is 0 Å². The van der Waals surface area contributed by atoms with E-state index >= 15 is 0 Å². The van der Waals surface area contributed by atoms with E-state index in [-0.39, 0.29) is 11.6 Å². The zero-order valence-corrected chi connectivity index (χ0v) is 12.1. The number of furan rings is 1. The minimum absolute atomic E-state index is 0.0351. The summed E-state index contributed by atoms with van der Waals surface area (Å²) in [6.45, 7) is 1.38. The van der Waals surface area contributed by atoms with Crippen molar-refractivity contribution in [1.29, 1.82) is 5.26 Å². The predicted molar refractivity (Wildman–Crippen MR) is 72.7 cm³/mol. The van der Waals surface area contributed by atoms with Gasteiger partial charge in [-0.25, -0.2) is 8.42 Å². The van der Waals surface area contributed by atoms with Crippen LogP contribution in [0.3, 0.4) is 0 Å². The zero-order valence-electron chi connectivity index (χ0n) is 11.3. The average molecular weight is 306 g/mol. The van der Waals surface area contributed by atoms with Crippen molar-refractivity contribution in [2.75, 3.05) is 13.1 Å². The predicted octanol–water partition coefficient (Wildman–Crippen LogP) is 1.18. The smallest absolute Gasteiger partial charge is 0.276 e. The molecule has 0 saturated carbocycles. The summed E-state index contributed by atoms with van der Waals surface area (Å²) >= 11 is 0. The number of hydrogen-bond acceptors (Lipinski definition) is 5. The average Bonchev–Trinajstić information content (AvgIpc) is 3.21. The van der Waals surface area contributed by atoms with E-state index in [1.54, 1.807) is 12.3 Å². The quantitative estimate of drug-likeness (QED) is 0.845. The third kappa shape index (κ3) is 2.70. The highest BCUT2D eigenvalue weighted by Crippen LogP contribution is 2.22. The summed E-state index contributed by atoms with van der Waals surface area (Å²) in [6, 6.07) is 5.07. The zero-order chi connectivity index (χ0) is 14.9. The van der Waals surface area contributed by atoms with E-state index in [0.717, 1.165) is 12.8 Å². The van der Waals surface area contributed by atoms with Gasteiger partial charge < -0.3 is 4.42 Å². The fourth-order valence-electron chi connectivity index (χ4n) is 2.31. The van der Waals surface area contributed by atoms with Crippen molar-refractivity contribution < 1.29 is 12.8 Å². The standard InChI is InChI=1S/C13H14N4O3S/c14-7-11-8-15-16(9-11)10-12-3-4-13(20-12)21(18,19)17-5-1-2-6-17/h3-4,8-9H,1-2,5-6,10H2. The molecule has 0 N–H and O–H groups in total.